The molecule has 5 N–H and O–H groups in total. The zero-order valence-corrected chi connectivity index (χ0v) is 25.4. The minimum absolute atomic E-state index is 0.245. The number of guanidine groups is 1. The molecule has 0 saturated heterocycles. The molecule has 10 nitrogen and oxygen atoms in total. The van der Waals surface area contributed by atoms with Crippen LogP contribution in [0.25, 0.3) is 0 Å². The fourth-order valence-corrected chi connectivity index (χ4v) is 4.57. The van der Waals surface area contributed by atoms with Gasteiger partial charge in [-0.2, -0.15) is 0 Å². The number of ether oxygens (including phenoxy) is 1. The van der Waals surface area contributed by atoms with Crippen LogP contribution < -0.4 is 16.8 Å². The van der Waals surface area contributed by atoms with Gasteiger partial charge in [0.15, 0.2) is 0 Å². The van der Waals surface area contributed by atoms with E-state index in [1.807, 2.05) is 46.0 Å². The number of thioether (sulfide) groups is 1. The number of aromatic nitrogens is 1. The third kappa shape index (κ3) is 14.8. The molecule has 218 valence electrons. The number of nitrogens with one attached hydrogen (secondary N) is 1. The normalized spacial score (nSPS) is 16.3. The Morgan fingerprint density at radius 3 is 2.62 bits per heavy atom. The van der Waals surface area contributed by atoms with Crippen molar-refractivity contribution in [2.45, 2.75) is 77.3 Å². The lowest BCUT2D eigenvalue weighted by Gasteiger charge is -2.19. The van der Waals surface area contributed by atoms with Crippen molar-refractivity contribution >= 4 is 40.9 Å². The van der Waals surface area contributed by atoms with Crippen LogP contribution in [0.5, 0.6) is 0 Å². The van der Waals surface area contributed by atoms with E-state index in [1.54, 1.807) is 32.0 Å². The molecule has 0 aromatic carbocycles. The molecule has 11 heteroatoms. The number of nitrogens with zero attached hydrogens (tertiary/aromatic N) is 5. The van der Waals surface area contributed by atoms with E-state index in [4.69, 9.17) is 15.5 Å². The molecular weight excluding hydrogens is 512 g/mol. The van der Waals surface area contributed by atoms with E-state index in [1.165, 1.54) is 19.3 Å². The minimum Gasteiger partial charge on any atom is -0.383 e. The molecule has 1 amide bonds. The van der Waals surface area contributed by atoms with E-state index in [0.717, 1.165) is 53.1 Å². The molecular formula is C28H48N8O2S. The average Bonchev–Trinajstić information content (AvgIpc) is 2.93. The zero-order valence-electron chi connectivity index (χ0n) is 24.6. The number of carbonyl (C=O) groups is 1. The van der Waals surface area contributed by atoms with E-state index in [0.29, 0.717) is 31.6 Å². The Hall–Kier alpha value is -2.76. The molecule has 2 heterocycles. The van der Waals surface area contributed by atoms with Crippen LogP contribution in [-0.4, -0.2) is 78.9 Å². The molecule has 0 radical (unpaired) electrons. The van der Waals surface area contributed by atoms with Crippen molar-refractivity contribution in [3.8, 4) is 0 Å². The van der Waals surface area contributed by atoms with Crippen molar-refractivity contribution in [2.75, 3.05) is 39.6 Å². The van der Waals surface area contributed by atoms with Gasteiger partial charge in [-0.25, -0.2) is 20.0 Å². The number of allylic oxidation sites excluding steroid dienone is 1. The fraction of sp³-hybridized carbons (Fsp3) is 0.607. The minimum atomic E-state index is -0.245. The number of nitrogens with two attached hydrogens (primary N) is 2. The summed E-state index contributed by atoms with van der Waals surface area (Å²) in [4.78, 5) is 30.2. The third-order valence-corrected chi connectivity index (χ3v) is 6.69. The Labute approximate surface area is 238 Å². The maximum absolute atomic E-state index is 9.59. The van der Waals surface area contributed by atoms with Crippen LogP contribution in [0.3, 0.4) is 0 Å². The van der Waals surface area contributed by atoms with Gasteiger partial charge >= 0.3 is 0 Å². The second-order valence-corrected chi connectivity index (χ2v) is 10.0. The number of amidine groups is 1. The highest BCUT2D eigenvalue weighted by molar-refractivity contribution is 8.00. The summed E-state index contributed by atoms with van der Waals surface area (Å²) >= 11 is 1.68. The number of pyridine rings is 1. The number of hydrogen-bond donors (Lipinski definition) is 3. The maximum atomic E-state index is 9.59. The number of primary amides is 1. The highest BCUT2D eigenvalue weighted by Gasteiger charge is 2.15. The fourth-order valence-electron chi connectivity index (χ4n) is 3.76. The van der Waals surface area contributed by atoms with Gasteiger partial charge in [0, 0.05) is 38.5 Å². The van der Waals surface area contributed by atoms with Gasteiger partial charge < -0.3 is 21.5 Å². The molecule has 1 aliphatic heterocycles. The highest BCUT2D eigenvalue weighted by Crippen LogP contribution is 2.30. The van der Waals surface area contributed by atoms with Crippen LogP contribution in [0.4, 0.5) is 5.69 Å². The van der Waals surface area contributed by atoms with Crippen molar-refractivity contribution in [3.05, 3.63) is 30.1 Å². The molecule has 1 saturated carbocycles. The summed E-state index contributed by atoms with van der Waals surface area (Å²) in [5.74, 6) is 1.77. The second-order valence-electron chi connectivity index (χ2n) is 9.06. The van der Waals surface area contributed by atoms with Gasteiger partial charge in [-0.1, -0.05) is 51.8 Å². The molecule has 0 atom stereocenters. The van der Waals surface area contributed by atoms with Gasteiger partial charge in [0.1, 0.15) is 10.9 Å². The summed E-state index contributed by atoms with van der Waals surface area (Å²) in [5, 5.41) is 4.39. The van der Waals surface area contributed by atoms with E-state index in [9.17, 15) is 4.79 Å². The van der Waals surface area contributed by atoms with Crippen LogP contribution in [0, 0.1) is 0 Å². The summed E-state index contributed by atoms with van der Waals surface area (Å²) in [6.07, 6.45) is 10.2. The molecule has 0 unspecified atom stereocenters. The lowest BCUT2D eigenvalue weighted by molar-refractivity contribution is -0.117. The molecule has 3 rings (SSSR count). The van der Waals surface area contributed by atoms with Crippen LogP contribution in [0.2, 0.25) is 0 Å². The lowest BCUT2D eigenvalue weighted by atomic mass is 9.96. The SMILES string of the molecule is CC.CCC(N)=O.COCCN(C)CC(/C=C(\C)NC1=Nc2cccnc2SC1)=N/C(N)=NC1CCCCC1. The second kappa shape index (κ2) is 20.2. The van der Waals surface area contributed by atoms with Crippen molar-refractivity contribution < 1.29 is 9.53 Å². The summed E-state index contributed by atoms with van der Waals surface area (Å²) in [6.45, 7) is 9.87. The molecule has 0 spiro atoms. The number of aliphatic imine (C=N–C) groups is 3. The van der Waals surface area contributed by atoms with Crippen LogP contribution in [0.15, 0.2) is 50.1 Å². The molecule has 39 heavy (non-hydrogen) atoms. The Morgan fingerprint density at radius 1 is 1.28 bits per heavy atom. The number of likely N-dealkylation sites (N-methyl/N-ethyl adjacent to an activating group) is 1. The monoisotopic (exact) mass is 560 g/mol. The van der Waals surface area contributed by atoms with Crippen molar-refractivity contribution in [1.29, 1.82) is 0 Å². The largest absolute Gasteiger partial charge is 0.383 e. The third-order valence-electron chi connectivity index (χ3n) is 5.68. The predicted molar refractivity (Wildman–Crippen MR) is 165 cm³/mol. The maximum Gasteiger partial charge on any atom is 0.217 e. The molecule has 2 aliphatic rings. The van der Waals surface area contributed by atoms with Gasteiger partial charge in [-0.05, 0) is 45.0 Å². The first-order chi connectivity index (χ1) is 18.8. The van der Waals surface area contributed by atoms with Gasteiger partial charge in [-0.3, -0.25) is 9.69 Å². The number of rotatable bonds is 9. The first-order valence-corrected chi connectivity index (χ1v) is 14.8. The summed E-state index contributed by atoms with van der Waals surface area (Å²) in [5.41, 5.74) is 13.6. The summed E-state index contributed by atoms with van der Waals surface area (Å²) in [6, 6.07) is 4.18. The first kappa shape index (κ1) is 34.3. The van der Waals surface area contributed by atoms with Gasteiger partial charge in [0.05, 0.1) is 29.8 Å². The van der Waals surface area contributed by atoms with E-state index in [2.05, 4.69) is 30.9 Å². The average molecular weight is 561 g/mol. The van der Waals surface area contributed by atoms with Crippen LogP contribution >= 0.6 is 11.8 Å². The summed E-state index contributed by atoms with van der Waals surface area (Å²) < 4.78 is 5.21. The Morgan fingerprint density at radius 2 is 1.97 bits per heavy atom. The zero-order chi connectivity index (χ0) is 29.0. The number of carbonyl (C=O) groups excluding carboxylic acids is 1. The van der Waals surface area contributed by atoms with Gasteiger partial charge in [-0.15, -0.1) is 0 Å². The number of hydrogen-bond acceptors (Lipinski definition) is 8. The Bertz CT molecular complexity index is 988. The topological polar surface area (TPSA) is 144 Å². The van der Waals surface area contributed by atoms with Gasteiger partial charge in [0.25, 0.3) is 0 Å². The number of amides is 1. The first-order valence-electron chi connectivity index (χ1n) is 13.8. The molecule has 1 fully saturated rings. The summed E-state index contributed by atoms with van der Waals surface area (Å²) in [7, 11) is 3.76. The Balaban J connectivity index is 0.000000975. The van der Waals surface area contributed by atoms with Crippen LogP contribution in [0.1, 0.15) is 66.2 Å². The molecule has 1 aromatic heterocycles. The number of fused-ring (bicyclic) bond motifs is 1. The highest BCUT2D eigenvalue weighted by atomic mass is 32.2. The molecule has 1 aromatic rings. The van der Waals surface area contributed by atoms with E-state index in [-0.39, 0.29) is 5.91 Å². The van der Waals surface area contributed by atoms with Crippen molar-refractivity contribution in [3.63, 3.8) is 0 Å². The standard InChI is InChI=1S/C23H35N7OS.C3H7NO.C2H6/c1-17(26-21-16-32-22-20(29-21)10-7-11-25-22)14-19(15-30(2)12-13-31-3)28-23(24)27-18-8-5-4-6-9-18;1-2-3(4)5;1-2/h7,10-11,14,18H,4-6,8-9,12-13,15-16H2,1-3H3,(H2,24,27)(H,26,29);2H2,1H3,(H2,4,5);1-2H3/b17-14+,28-19+;;. The van der Waals surface area contributed by atoms with E-state index < -0.39 is 0 Å². The van der Waals surface area contributed by atoms with E-state index >= 15 is 0 Å². The predicted octanol–water partition coefficient (Wildman–Crippen LogP) is 4.29. The Kier molecular flexibility index (Phi) is 17.7. The van der Waals surface area contributed by atoms with Crippen LogP contribution in [-0.2, 0) is 9.53 Å². The lowest BCUT2D eigenvalue weighted by Crippen LogP contribution is -2.31. The molecule has 1 aliphatic carbocycles. The van der Waals surface area contributed by atoms with Crippen molar-refractivity contribution in [2.24, 2.45) is 26.4 Å². The van der Waals surface area contributed by atoms with Gasteiger partial charge in [0.2, 0.25) is 11.9 Å². The number of methoxy groups -OCH3 is 1. The van der Waals surface area contributed by atoms with Crippen molar-refractivity contribution in [1.82, 2.24) is 15.2 Å². The quantitative estimate of drug-likeness (QED) is 0.302. The smallest absolute Gasteiger partial charge is 0.217 e. The molecule has 0 bridgehead atoms.